The second-order valence-electron chi connectivity index (χ2n) is 8.19. The topological polar surface area (TPSA) is 68.5 Å². The molecular formula is C25H29NO4. The molecular weight excluding hydrogens is 378 g/mol. The fourth-order valence-corrected chi connectivity index (χ4v) is 3.49. The molecule has 5 heteroatoms. The maximum absolute atomic E-state index is 12.7. The minimum atomic E-state index is -0.903. The third kappa shape index (κ3) is 4.56. The van der Waals surface area contributed by atoms with E-state index in [1.165, 1.54) is 0 Å². The summed E-state index contributed by atoms with van der Waals surface area (Å²) in [6.45, 7) is 11.7. The van der Waals surface area contributed by atoms with E-state index in [0.29, 0.717) is 0 Å². The fourth-order valence-electron chi connectivity index (χ4n) is 3.49. The van der Waals surface area contributed by atoms with Crippen LogP contribution in [0.5, 0.6) is 0 Å². The smallest absolute Gasteiger partial charge is 0.311 e. The number of nitrogens with one attached hydrogen (secondary N) is 1. The number of rotatable bonds is 6. The van der Waals surface area contributed by atoms with Gasteiger partial charge in [-0.25, -0.2) is 0 Å². The van der Waals surface area contributed by atoms with Crippen LogP contribution in [0.2, 0.25) is 0 Å². The number of benzene rings is 2. The molecule has 1 N–H and O–H groups in total. The molecule has 30 heavy (non-hydrogen) atoms. The number of ether oxygens (including phenoxy) is 1. The summed E-state index contributed by atoms with van der Waals surface area (Å²) in [5.74, 6) is -0.546. The first-order valence-corrected chi connectivity index (χ1v) is 10.2. The maximum atomic E-state index is 12.7. The molecule has 0 fully saturated rings. The number of carbonyl (C=O) groups is 2. The highest BCUT2D eigenvalue weighted by Gasteiger charge is 2.21. The Bertz CT molecular complexity index is 1090. The first-order valence-electron chi connectivity index (χ1n) is 10.2. The lowest BCUT2D eigenvalue weighted by Gasteiger charge is -2.19. The Kier molecular flexibility index (Phi) is 6.30. The predicted octanol–water partition coefficient (Wildman–Crippen LogP) is 5.59. The van der Waals surface area contributed by atoms with Gasteiger partial charge in [-0.1, -0.05) is 32.0 Å². The minimum absolute atomic E-state index is 0.0503. The number of carbonyl (C=O) groups excluding carboxylic acids is 2. The molecule has 0 spiro atoms. The number of amides is 1. The lowest BCUT2D eigenvalue weighted by Crippen LogP contribution is -2.31. The van der Waals surface area contributed by atoms with E-state index in [9.17, 15) is 9.59 Å². The van der Waals surface area contributed by atoms with Crippen LogP contribution in [0.1, 0.15) is 54.5 Å². The van der Waals surface area contributed by atoms with Gasteiger partial charge in [0, 0.05) is 16.6 Å². The number of anilines is 1. The van der Waals surface area contributed by atoms with Crippen LogP contribution in [0.4, 0.5) is 5.69 Å². The third-order valence-electron chi connectivity index (χ3n) is 5.46. The maximum Gasteiger partial charge on any atom is 0.311 e. The number of hydrogen-bond donors (Lipinski definition) is 1. The Balaban J connectivity index is 1.68. The van der Waals surface area contributed by atoms with Crippen LogP contribution in [0.25, 0.3) is 11.0 Å². The number of esters is 1. The van der Waals surface area contributed by atoms with Crippen molar-refractivity contribution in [2.45, 2.75) is 60.0 Å². The van der Waals surface area contributed by atoms with Crippen molar-refractivity contribution in [3.05, 3.63) is 64.4 Å². The number of fused-ring (bicyclic) bond motifs is 1. The molecule has 1 amide bonds. The standard InChI is InChI=1S/C25H29NO4/c1-14(2)20-9-7-8-15(3)24(20)26-25(28)18(6)30-23(27)12-19-13-29-22-11-17(5)16(4)10-21(19)22/h7-11,13-14,18H,12H2,1-6H3,(H,26,28)/t18-/m0/s1. The molecule has 0 saturated carbocycles. The monoisotopic (exact) mass is 407 g/mol. The average Bonchev–Trinajstić information content (AvgIpc) is 3.04. The van der Waals surface area contributed by atoms with Crippen molar-refractivity contribution in [1.29, 1.82) is 0 Å². The van der Waals surface area contributed by atoms with Crippen molar-refractivity contribution in [1.82, 2.24) is 0 Å². The summed E-state index contributed by atoms with van der Waals surface area (Å²) in [6.07, 6.45) is 0.728. The van der Waals surface area contributed by atoms with E-state index in [2.05, 4.69) is 19.2 Å². The quantitative estimate of drug-likeness (QED) is 0.541. The van der Waals surface area contributed by atoms with Crippen LogP contribution >= 0.6 is 0 Å². The van der Waals surface area contributed by atoms with Crippen molar-refractivity contribution in [2.75, 3.05) is 5.32 Å². The van der Waals surface area contributed by atoms with Gasteiger partial charge in [0.25, 0.3) is 5.91 Å². The van der Waals surface area contributed by atoms with Gasteiger partial charge in [0.2, 0.25) is 0 Å². The molecule has 2 aromatic carbocycles. The van der Waals surface area contributed by atoms with Crippen LogP contribution in [-0.2, 0) is 20.7 Å². The normalized spacial score (nSPS) is 12.2. The Hall–Kier alpha value is -3.08. The van der Waals surface area contributed by atoms with Crippen molar-refractivity contribution in [2.24, 2.45) is 0 Å². The van der Waals surface area contributed by atoms with E-state index in [-0.39, 0.29) is 18.2 Å². The molecule has 0 unspecified atom stereocenters. The van der Waals surface area contributed by atoms with Gasteiger partial charge in [0.1, 0.15) is 5.58 Å². The van der Waals surface area contributed by atoms with E-state index in [1.807, 2.05) is 51.1 Å². The summed E-state index contributed by atoms with van der Waals surface area (Å²) in [7, 11) is 0. The first-order chi connectivity index (χ1) is 14.2. The molecule has 3 rings (SSSR count). The Morgan fingerprint density at radius 1 is 1.03 bits per heavy atom. The van der Waals surface area contributed by atoms with Gasteiger partial charge in [-0.2, -0.15) is 0 Å². The Morgan fingerprint density at radius 3 is 2.43 bits per heavy atom. The number of para-hydroxylation sites is 1. The van der Waals surface area contributed by atoms with Crippen molar-refractivity contribution >= 4 is 28.5 Å². The van der Waals surface area contributed by atoms with E-state index >= 15 is 0 Å². The summed E-state index contributed by atoms with van der Waals surface area (Å²) in [4.78, 5) is 25.1. The molecule has 1 heterocycles. The molecule has 0 aliphatic heterocycles. The zero-order chi connectivity index (χ0) is 22.0. The van der Waals surface area contributed by atoms with Crippen LogP contribution in [0.15, 0.2) is 41.0 Å². The summed E-state index contributed by atoms with van der Waals surface area (Å²) < 4.78 is 11.0. The SMILES string of the molecule is Cc1cc2occ(CC(=O)O[C@@H](C)C(=O)Nc3c(C)cccc3C(C)C)c2cc1C. The van der Waals surface area contributed by atoms with Gasteiger partial charge in [-0.15, -0.1) is 0 Å². The molecule has 0 radical (unpaired) electrons. The van der Waals surface area contributed by atoms with Crippen LogP contribution in [0, 0.1) is 20.8 Å². The molecule has 158 valence electrons. The second-order valence-corrected chi connectivity index (χ2v) is 8.19. The van der Waals surface area contributed by atoms with E-state index in [1.54, 1.807) is 13.2 Å². The molecule has 0 saturated heterocycles. The number of hydrogen-bond acceptors (Lipinski definition) is 4. The summed E-state index contributed by atoms with van der Waals surface area (Å²) in [6, 6.07) is 9.90. The third-order valence-corrected chi connectivity index (χ3v) is 5.46. The lowest BCUT2D eigenvalue weighted by molar-refractivity contribution is -0.152. The zero-order valence-corrected chi connectivity index (χ0v) is 18.5. The van der Waals surface area contributed by atoms with Gasteiger partial charge < -0.3 is 14.5 Å². The minimum Gasteiger partial charge on any atom is -0.464 e. The average molecular weight is 408 g/mol. The summed E-state index contributed by atoms with van der Waals surface area (Å²) >= 11 is 0. The highest BCUT2D eigenvalue weighted by molar-refractivity contribution is 5.97. The lowest BCUT2D eigenvalue weighted by atomic mass is 9.98. The Labute approximate surface area is 177 Å². The van der Waals surface area contributed by atoms with E-state index in [4.69, 9.17) is 9.15 Å². The van der Waals surface area contributed by atoms with Gasteiger partial charge in [-0.05, 0) is 68.0 Å². The highest BCUT2D eigenvalue weighted by Crippen LogP contribution is 2.28. The van der Waals surface area contributed by atoms with Crippen molar-refractivity contribution < 1.29 is 18.7 Å². The van der Waals surface area contributed by atoms with Crippen LogP contribution < -0.4 is 5.32 Å². The van der Waals surface area contributed by atoms with Gasteiger partial charge in [-0.3, -0.25) is 9.59 Å². The Morgan fingerprint density at radius 2 is 1.73 bits per heavy atom. The molecule has 0 aliphatic rings. The number of furan rings is 1. The summed E-state index contributed by atoms with van der Waals surface area (Å²) in [5.41, 5.74) is 6.57. The summed E-state index contributed by atoms with van der Waals surface area (Å²) in [5, 5.41) is 3.83. The second kappa shape index (κ2) is 8.74. The van der Waals surface area contributed by atoms with Gasteiger partial charge in [0.15, 0.2) is 6.10 Å². The largest absolute Gasteiger partial charge is 0.464 e. The van der Waals surface area contributed by atoms with Crippen molar-refractivity contribution in [3.63, 3.8) is 0 Å². The molecule has 0 bridgehead atoms. The predicted molar refractivity (Wildman–Crippen MR) is 119 cm³/mol. The highest BCUT2D eigenvalue weighted by atomic mass is 16.5. The van der Waals surface area contributed by atoms with Gasteiger partial charge >= 0.3 is 5.97 Å². The zero-order valence-electron chi connectivity index (χ0n) is 18.5. The van der Waals surface area contributed by atoms with Crippen molar-refractivity contribution in [3.8, 4) is 0 Å². The first kappa shape index (κ1) is 21.6. The van der Waals surface area contributed by atoms with E-state index in [0.717, 1.165) is 44.5 Å². The van der Waals surface area contributed by atoms with Crippen LogP contribution in [0.3, 0.4) is 0 Å². The fraction of sp³-hybridized carbons (Fsp3) is 0.360. The molecule has 3 aromatic rings. The van der Waals surface area contributed by atoms with Crippen LogP contribution in [-0.4, -0.2) is 18.0 Å². The molecule has 1 atom stereocenters. The molecule has 1 aromatic heterocycles. The number of aryl methyl sites for hydroxylation is 3. The molecule has 0 aliphatic carbocycles. The van der Waals surface area contributed by atoms with Gasteiger partial charge in [0.05, 0.1) is 12.7 Å². The molecule has 5 nitrogen and oxygen atoms in total. The van der Waals surface area contributed by atoms with E-state index < -0.39 is 12.1 Å².